The summed E-state index contributed by atoms with van der Waals surface area (Å²) in [7, 11) is 2.00. The van der Waals surface area contributed by atoms with Gasteiger partial charge < -0.3 is 9.88 Å². The summed E-state index contributed by atoms with van der Waals surface area (Å²) in [6, 6.07) is 10.9. The quantitative estimate of drug-likeness (QED) is 0.812. The van der Waals surface area contributed by atoms with E-state index in [2.05, 4.69) is 47.1 Å². The van der Waals surface area contributed by atoms with Gasteiger partial charge in [-0.1, -0.05) is 31.5 Å². The lowest BCUT2D eigenvalue weighted by molar-refractivity contribution is 0.612. The highest BCUT2D eigenvalue weighted by molar-refractivity contribution is 5.81. The molecule has 0 unspecified atom stereocenters. The third-order valence-electron chi connectivity index (χ3n) is 2.99. The van der Waals surface area contributed by atoms with Gasteiger partial charge in [-0.15, -0.1) is 0 Å². The maximum absolute atomic E-state index is 3.24. The fourth-order valence-electron chi connectivity index (χ4n) is 2.18. The Hall–Kier alpha value is -1.28. The number of rotatable bonds is 5. The van der Waals surface area contributed by atoms with E-state index in [4.69, 9.17) is 0 Å². The van der Waals surface area contributed by atoms with Gasteiger partial charge in [0.1, 0.15) is 0 Å². The van der Waals surface area contributed by atoms with Crippen molar-refractivity contribution in [2.75, 3.05) is 7.05 Å². The lowest BCUT2D eigenvalue weighted by Gasteiger charge is -2.09. The molecule has 1 aromatic carbocycles. The molecule has 2 nitrogen and oxygen atoms in total. The minimum absolute atomic E-state index is 0.943. The fraction of sp³-hybridized carbons (Fsp3) is 0.429. The number of unbranched alkanes of at least 4 members (excludes halogenated alkanes) is 1. The molecular weight excluding hydrogens is 196 g/mol. The molecule has 1 heterocycles. The van der Waals surface area contributed by atoms with Crippen LogP contribution in [0.15, 0.2) is 30.3 Å². The standard InChI is InChI=1S/C14H20N2/c1-3-4-9-16-13(11-15-2)10-12-7-5-6-8-14(12)16/h5-8,10,15H,3-4,9,11H2,1-2H3. The van der Waals surface area contributed by atoms with Gasteiger partial charge in [-0.25, -0.2) is 0 Å². The molecule has 86 valence electrons. The molecule has 0 amide bonds. The Morgan fingerprint density at radius 2 is 2.06 bits per heavy atom. The van der Waals surface area contributed by atoms with Crippen LogP contribution >= 0.6 is 0 Å². The molecular formula is C14H20N2. The van der Waals surface area contributed by atoms with Crippen molar-refractivity contribution in [3.63, 3.8) is 0 Å². The molecule has 0 radical (unpaired) electrons. The molecule has 16 heavy (non-hydrogen) atoms. The highest BCUT2D eigenvalue weighted by Gasteiger charge is 2.06. The summed E-state index contributed by atoms with van der Waals surface area (Å²) in [4.78, 5) is 0. The van der Waals surface area contributed by atoms with Crippen molar-refractivity contribution >= 4 is 10.9 Å². The number of aromatic nitrogens is 1. The molecule has 2 rings (SSSR count). The smallest absolute Gasteiger partial charge is 0.0482 e. The number of hydrogen-bond acceptors (Lipinski definition) is 1. The largest absolute Gasteiger partial charge is 0.343 e. The van der Waals surface area contributed by atoms with Crippen molar-refractivity contribution in [1.82, 2.24) is 9.88 Å². The monoisotopic (exact) mass is 216 g/mol. The molecule has 0 aliphatic rings. The van der Waals surface area contributed by atoms with Crippen LogP contribution in [-0.2, 0) is 13.1 Å². The number of hydrogen-bond donors (Lipinski definition) is 1. The van der Waals surface area contributed by atoms with E-state index in [1.54, 1.807) is 0 Å². The Labute approximate surface area is 97.3 Å². The first-order valence-electron chi connectivity index (χ1n) is 6.08. The zero-order chi connectivity index (χ0) is 11.4. The second-order valence-electron chi connectivity index (χ2n) is 4.23. The van der Waals surface area contributed by atoms with Crippen LogP contribution in [0.2, 0.25) is 0 Å². The molecule has 0 saturated heterocycles. The van der Waals surface area contributed by atoms with Crippen LogP contribution in [0, 0.1) is 0 Å². The third kappa shape index (κ3) is 2.12. The minimum Gasteiger partial charge on any atom is -0.343 e. The molecule has 1 aromatic heterocycles. The molecule has 0 spiro atoms. The predicted octanol–water partition coefficient (Wildman–Crippen LogP) is 3.16. The van der Waals surface area contributed by atoms with Crippen LogP contribution in [-0.4, -0.2) is 11.6 Å². The summed E-state index contributed by atoms with van der Waals surface area (Å²) < 4.78 is 2.44. The number of para-hydroxylation sites is 1. The zero-order valence-corrected chi connectivity index (χ0v) is 10.2. The van der Waals surface area contributed by atoms with Gasteiger partial charge in [0.05, 0.1) is 0 Å². The summed E-state index contributed by atoms with van der Waals surface area (Å²) in [6.45, 7) is 4.31. The van der Waals surface area contributed by atoms with Gasteiger partial charge in [0.15, 0.2) is 0 Å². The average molecular weight is 216 g/mol. The lowest BCUT2D eigenvalue weighted by atomic mass is 10.2. The number of aryl methyl sites for hydroxylation is 1. The summed E-state index contributed by atoms with van der Waals surface area (Å²) >= 11 is 0. The molecule has 0 saturated carbocycles. The molecule has 0 fully saturated rings. The molecule has 0 bridgehead atoms. The Balaban J connectivity index is 2.42. The lowest BCUT2D eigenvalue weighted by Crippen LogP contribution is -2.11. The Bertz CT molecular complexity index is 457. The van der Waals surface area contributed by atoms with E-state index in [-0.39, 0.29) is 0 Å². The van der Waals surface area contributed by atoms with Gasteiger partial charge in [-0.3, -0.25) is 0 Å². The van der Waals surface area contributed by atoms with Crippen molar-refractivity contribution in [3.8, 4) is 0 Å². The van der Waals surface area contributed by atoms with Crippen molar-refractivity contribution < 1.29 is 0 Å². The van der Waals surface area contributed by atoms with Gasteiger partial charge in [0.25, 0.3) is 0 Å². The van der Waals surface area contributed by atoms with Gasteiger partial charge >= 0.3 is 0 Å². The van der Waals surface area contributed by atoms with Crippen LogP contribution in [0.3, 0.4) is 0 Å². The van der Waals surface area contributed by atoms with Gasteiger partial charge in [0, 0.05) is 24.3 Å². The number of nitrogens with zero attached hydrogens (tertiary/aromatic N) is 1. The van der Waals surface area contributed by atoms with E-state index < -0.39 is 0 Å². The molecule has 2 heteroatoms. The Morgan fingerprint density at radius 1 is 1.25 bits per heavy atom. The first-order valence-corrected chi connectivity index (χ1v) is 6.08. The topological polar surface area (TPSA) is 17.0 Å². The van der Waals surface area contributed by atoms with Gasteiger partial charge in [-0.05, 0) is 31.0 Å². The fourth-order valence-corrected chi connectivity index (χ4v) is 2.18. The maximum Gasteiger partial charge on any atom is 0.0482 e. The minimum atomic E-state index is 0.943. The summed E-state index contributed by atoms with van der Waals surface area (Å²) in [5, 5.41) is 4.59. The maximum atomic E-state index is 3.24. The molecule has 0 atom stereocenters. The van der Waals surface area contributed by atoms with E-state index in [1.807, 2.05) is 7.05 Å². The second-order valence-corrected chi connectivity index (χ2v) is 4.23. The highest BCUT2D eigenvalue weighted by atomic mass is 15.0. The van der Waals surface area contributed by atoms with Crippen molar-refractivity contribution in [3.05, 3.63) is 36.0 Å². The van der Waals surface area contributed by atoms with E-state index >= 15 is 0 Å². The molecule has 1 N–H and O–H groups in total. The Morgan fingerprint density at radius 3 is 2.81 bits per heavy atom. The third-order valence-corrected chi connectivity index (χ3v) is 2.99. The summed E-state index contributed by atoms with van der Waals surface area (Å²) in [5.74, 6) is 0. The van der Waals surface area contributed by atoms with E-state index in [0.29, 0.717) is 0 Å². The van der Waals surface area contributed by atoms with Crippen molar-refractivity contribution in [2.45, 2.75) is 32.9 Å². The SMILES string of the molecule is CCCCn1c(CNC)cc2ccccc21. The van der Waals surface area contributed by atoms with Crippen molar-refractivity contribution in [1.29, 1.82) is 0 Å². The first kappa shape index (κ1) is 11.2. The van der Waals surface area contributed by atoms with Crippen LogP contribution in [0.1, 0.15) is 25.5 Å². The van der Waals surface area contributed by atoms with Crippen LogP contribution < -0.4 is 5.32 Å². The van der Waals surface area contributed by atoms with Gasteiger partial charge in [0.2, 0.25) is 0 Å². The zero-order valence-electron chi connectivity index (χ0n) is 10.2. The van der Waals surface area contributed by atoms with Crippen LogP contribution in [0.25, 0.3) is 10.9 Å². The summed E-state index contributed by atoms with van der Waals surface area (Å²) in [5.41, 5.74) is 2.75. The normalized spacial score (nSPS) is 11.1. The predicted molar refractivity (Wildman–Crippen MR) is 69.6 cm³/mol. The van der Waals surface area contributed by atoms with Crippen LogP contribution in [0.5, 0.6) is 0 Å². The van der Waals surface area contributed by atoms with Crippen LogP contribution in [0.4, 0.5) is 0 Å². The molecule has 2 aromatic rings. The van der Waals surface area contributed by atoms with E-state index in [0.717, 1.165) is 13.1 Å². The van der Waals surface area contributed by atoms with E-state index in [1.165, 1.54) is 29.4 Å². The molecule has 0 aliphatic carbocycles. The highest BCUT2D eigenvalue weighted by Crippen LogP contribution is 2.20. The first-order chi connectivity index (χ1) is 7.86. The second kappa shape index (κ2) is 5.17. The summed E-state index contributed by atoms with van der Waals surface area (Å²) in [6.07, 6.45) is 2.49. The number of fused-ring (bicyclic) bond motifs is 1. The van der Waals surface area contributed by atoms with Gasteiger partial charge in [-0.2, -0.15) is 0 Å². The van der Waals surface area contributed by atoms with E-state index in [9.17, 15) is 0 Å². The molecule has 0 aliphatic heterocycles. The Kier molecular flexibility index (Phi) is 3.62. The van der Waals surface area contributed by atoms with Crippen molar-refractivity contribution in [2.24, 2.45) is 0 Å². The number of nitrogens with one attached hydrogen (secondary N) is 1. The number of benzene rings is 1. The average Bonchev–Trinajstić information content (AvgIpc) is 2.65.